The number of hydrogen-bond donors (Lipinski definition) is 2. The molecule has 0 spiro atoms. The summed E-state index contributed by atoms with van der Waals surface area (Å²) >= 11 is 0. The first kappa shape index (κ1) is 13.9. The molecule has 0 amide bonds. The maximum Gasteiger partial charge on any atom is 0.165 e. The van der Waals surface area contributed by atoms with Gasteiger partial charge in [-0.1, -0.05) is 20.8 Å². The molecule has 1 rings (SSSR count). The Kier molecular flexibility index (Phi) is 4.73. The molecule has 0 unspecified atom stereocenters. The van der Waals surface area contributed by atoms with Gasteiger partial charge in [0, 0.05) is 10.8 Å². The van der Waals surface area contributed by atoms with Crippen LogP contribution in [0.4, 0.5) is 0 Å². The standard InChI is InChI=1S/C12H24O4/c1-4-12(5-2,7-14)10-15-8-11(3,6-13)9-16-10/h10,13-14H,4-9H2,1-3H3. The highest BCUT2D eigenvalue weighted by Crippen LogP contribution is 2.37. The summed E-state index contributed by atoms with van der Waals surface area (Å²) in [6, 6.07) is 0. The van der Waals surface area contributed by atoms with Crippen LogP contribution in [0.15, 0.2) is 0 Å². The summed E-state index contributed by atoms with van der Waals surface area (Å²) in [6.07, 6.45) is 1.29. The predicted octanol–water partition coefficient (Wildman–Crippen LogP) is 1.16. The molecule has 0 aromatic carbocycles. The molecule has 2 N–H and O–H groups in total. The number of aliphatic hydroxyl groups is 2. The third-order valence-electron chi connectivity index (χ3n) is 3.77. The van der Waals surface area contributed by atoms with E-state index in [1.54, 1.807) is 0 Å². The number of aliphatic hydroxyl groups excluding tert-OH is 2. The topological polar surface area (TPSA) is 58.9 Å². The van der Waals surface area contributed by atoms with Crippen LogP contribution in [0.3, 0.4) is 0 Å². The van der Waals surface area contributed by atoms with Gasteiger partial charge in [0.25, 0.3) is 0 Å². The predicted molar refractivity (Wildman–Crippen MR) is 61.0 cm³/mol. The van der Waals surface area contributed by atoms with Crippen molar-refractivity contribution >= 4 is 0 Å². The van der Waals surface area contributed by atoms with Crippen LogP contribution in [0.5, 0.6) is 0 Å². The molecule has 1 aliphatic rings. The lowest BCUT2D eigenvalue weighted by Gasteiger charge is -2.44. The molecule has 4 nitrogen and oxygen atoms in total. The molecular weight excluding hydrogens is 208 g/mol. The molecule has 0 aliphatic carbocycles. The van der Waals surface area contributed by atoms with Crippen molar-refractivity contribution in [3.8, 4) is 0 Å². The van der Waals surface area contributed by atoms with Gasteiger partial charge in [0.2, 0.25) is 0 Å². The second kappa shape index (κ2) is 5.45. The van der Waals surface area contributed by atoms with Crippen molar-refractivity contribution < 1.29 is 19.7 Å². The minimum atomic E-state index is -0.355. The normalized spacial score (nSPS) is 31.7. The fourth-order valence-corrected chi connectivity index (χ4v) is 1.97. The van der Waals surface area contributed by atoms with E-state index in [1.165, 1.54) is 0 Å². The van der Waals surface area contributed by atoms with Crippen molar-refractivity contribution in [2.45, 2.75) is 39.9 Å². The largest absolute Gasteiger partial charge is 0.396 e. The van der Waals surface area contributed by atoms with Crippen molar-refractivity contribution in [1.82, 2.24) is 0 Å². The van der Waals surface area contributed by atoms with Crippen LogP contribution in [-0.4, -0.2) is 42.9 Å². The van der Waals surface area contributed by atoms with Crippen molar-refractivity contribution in [3.63, 3.8) is 0 Å². The summed E-state index contributed by atoms with van der Waals surface area (Å²) < 4.78 is 11.4. The maximum atomic E-state index is 9.51. The van der Waals surface area contributed by atoms with Gasteiger partial charge in [0.1, 0.15) is 0 Å². The summed E-state index contributed by atoms with van der Waals surface area (Å²) in [5, 5.41) is 18.7. The number of rotatable bonds is 5. The second-order valence-corrected chi connectivity index (χ2v) is 5.15. The maximum absolute atomic E-state index is 9.51. The van der Waals surface area contributed by atoms with E-state index >= 15 is 0 Å². The van der Waals surface area contributed by atoms with Crippen LogP contribution in [0.2, 0.25) is 0 Å². The zero-order valence-electron chi connectivity index (χ0n) is 10.5. The van der Waals surface area contributed by atoms with Crippen LogP contribution < -0.4 is 0 Å². The molecule has 1 saturated heterocycles. The molecule has 0 aromatic rings. The molecule has 0 atom stereocenters. The SMILES string of the molecule is CCC(CC)(CO)C1OCC(C)(CO)CO1. The molecule has 4 heteroatoms. The molecule has 0 radical (unpaired) electrons. The first-order valence-electron chi connectivity index (χ1n) is 6.01. The molecule has 1 fully saturated rings. The smallest absolute Gasteiger partial charge is 0.165 e. The van der Waals surface area contributed by atoms with Crippen LogP contribution in [0.25, 0.3) is 0 Å². The lowest BCUT2D eigenvalue weighted by atomic mass is 9.81. The molecular formula is C12H24O4. The Bertz CT molecular complexity index is 197. The van der Waals surface area contributed by atoms with Gasteiger partial charge in [0.05, 0.1) is 26.4 Å². The zero-order chi connectivity index (χ0) is 12.2. The van der Waals surface area contributed by atoms with Crippen molar-refractivity contribution in [2.24, 2.45) is 10.8 Å². The highest BCUT2D eigenvalue weighted by atomic mass is 16.7. The summed E-state index contributed by atoms with van der Waals surface area (Å²) in [6.45, 7) is 7.09. The summed E-state index contributed by atoms with van der Waals surface area (Å²) in [5.41, 5.74) is -0.615. The Morgan fingerprint density at radius 3 is 2.00 bits per heavy atom. The molecule has 0 bridgehead atoms. The van der Waals surface area contributed by atoms with Gasteiger partial charge < -0.3 is 19.7 Å². The van der Waals surface area contributed by atoms with Gasteiger partial charge in [-0.3, -0.25) is 0 Å². The third kappa shape index (κ3) is 2.56. The van der Waals surface area contributed by atoms with Gasteiger partial charge in [-0.15, -0.1) is 0 Å². The van der Waals surface area contributed by atoms with E-state index in [9.17, 15) is 10.2 Å². The average molecular weight is 232 g/mol. The van der Waals surface area contributed by atoms with E-state index in [4.69, 9.17) is 9.47 Å². The molecule has 1 aliphatic heterocycles. The van der Waals surface area contributed by atoms with Crippen LogP contribution in [-0.2, 0) is 9.47 Å². The summed E-state index contributed by atoms with van der Waals surface area (Å²) in [7, 11) is 0. The molecule has 0 saturated carbocycles. The van der Waals surface area contributed by atoms with Gasteiger partial charge >= 0.3 is 0 Å². The van der Waals surface area contributed by atoms with E-state index in [2.05, 4.69) is 0 Å². The Morgan fingerprint density at radius 2 is 1.69 bits per heavy atom. The lowest BCUT2D eigenvalue weighted by Crippen LogP contribution is -2.50. The summed E-state index contributed by atoms with van der Waals surface area (Å²) in [4.78, 5) is 0. The van der Waals surface area contributed by atoms with Gasteiger partial charge in [0.15, 0.2) is 6.29 Å². The monoisotopic (exact) mass is 232 g/mol. The quantitative estimate of drug-likeness (QED) is 0.746. The molecule has 0 aromatic heterocycles. The molecule has 16 heavy (non-hydrogen) atoms. The van der Waals surface area contributed by atoms with Crippen molar-refractivity contribution in [1.29, 1.82) is 0 Å². The van der Waals surface area contributed by atoms with Gasteiger partial charge in [-0.05, 0) is 12.8 Å². The minimum Gasteiger partial charge on any atom is -0.396 e. The average Bonchev–Trinajstić information content (AvgIpc) is 2.34. The zero-order valence-corrected chi connectivity index (χ0v) is 10.5. The Hall–Kier alpha value is -0.160. The highest BCUT2D eigenvalue weighted by molar-refractivity contribution is 4.85. The minimum absolute atomic E-state index is 0.0596. The highest BCUT2D eigenvalue weighted by Gasteiger charge is 2.42. The van der Waals surface area contributed by atoms with Crippen LogP contribution in [0.1, 0.15) is 33.6 Å². The molecule has 1 heterocycles. The Balaban J connectivity index is 2.64. The third-order valence-corrected chi connectivity index (χ3v) is 3.77. The van der Waals surface area contributed by atoms with E-state index in [-0.39, 0.29) is 30.3 Å². The van der Waals surface area contributed by atoms with Crippen LogP contribution in [0, 0.1) is 10.8 Å². The second-order valence-electron chi connectivity index (χ2n) is 5.15. The first-order chi connectivity index (χ1) is 7.55. The van der Waals surface area contributed by atoms with Crippen molar-refractivity contribution in [2.75, 3.05) is 26.4 Å². The Morgan fingerprint density at radius 1 is 1.19 bits per heavy atom. The van der Waals surface area contributed by atoms with Gasteiger partial charge in [-0.25, -0.2) is 0 Å². The fraction of sp³-hybridized carbons (Fsp3) is 1.00. The van der Waals surface area contributed by atoms with Crippen molar-refractivity contribution in [3.05, 3.63) is 0 Å². The number of hydrogen-bond acceptors (Lipinski definition) is 4. The first-order valence-corrected chi connectivity index (χ1v) is 6.01. The Labute approximate surface area is 97.6 Å². The van der Waals surface area contributed by atoms with E-state index in [0.717, 1.165) is 12.8 Å². The number of ether oxygens (including phenoxy) is 2. The summed E-state index contributed by atoms with van der Waals surface area (Å²) in [5.74, 6) is 0. The molecule has 96 valence electrons. The van der Waals surface area contributed by atoms with Gasteiger partial charge in [-0.2, -0.15) is 0 Å². The van der Waals surface area contributed by atoms with Crippen LogP contribution >= 0.6 is 0 Å². The fourth-order valence-electron chi connectivity index (χ4n) is 1.97. The van der Waals surface area contributed by atoms with E-state index in [1.807, 2.05) is 20.8 Å². The van der Waals surface area contributed by atoms with E-state index in [0.29, 0.717) is 13.2 Å². The lowest BCUT2D eigenvalue weighted by molar-refractivity contribution is -0.283. The van der Waals surface area contributed by atoms with E-state index < -0.39 is 0 Å².